The number of carboxylic acids is 1. The van der Waals surface area contributed by atoms with E-state index in [1.807, 2.05) is 48.6 Å². The van der Waals surface area contributed by atoms with Crippen LogP contribution in [0.25, 0.3) is 0 Å². The molecule has 1 unspecified atom stereocenters. The highest BCUT2D eigenvalue weighted by molar-refractivity contribution is 5.83. The second-order valence-corrected chi connectivity index (χ2v) is 7.06. The predicted molar refractivity (Wildman–Crippen MR) is 116 cm³/mol. The van der Waals surface area contributed by atoms with Crippen LogP contribution in [0.1, 0.15) is 37.7 Å². The average molecular weight is 395 g/mol. The molecular weight excluding hydrogens is 364 g/mol. The van der Waals surface area contributed by atoms with Gasteiger partial charge in [-0.1, -0.05) is 61.2 Å². The Morgan fingerprint density at radius 3 is 2.66 bits per heavy atom. The van der Waals surface area contributed by atoms with E-state index in [1.165, 1.54) is 5.56 Å². The molecule has 0 bridgehead atoms. The zero-order valence-electron chi connectivity index (χ0n) is 16.8. The van der Waals surface area contributed by atoms with E-state index in [0.717, 1.165) is 30.4 Å². The molecule has 1 aromatic rings. The molecule has 0 aliphatic carbocycles. The van der Waals surface area contributed by atoms with Crippen LogP contribution in [-0.2, 0) is 16.0 Å². The third-order valence-electron chi connectivity index (χ3n) is 4.68. The van der Waals surface area contributed by atoms with E-state index in [9.17, 15) is 14.7 Å². The highest BCUT2D eigenvalue weighted by Gasteiger charge is 2.22. The minimum Gasteiger partial charge on any atom is -0.480 e. The van der Waals surface area contributed by atoms with Crippen LogP contribution in [0.4, 0.5) is 0 Å². The number of benzene rings is 1. The van der Waals surface area contributed by atoms with Crippen LogP contribution in [0.3, 0.4) is 0 Å². The lowest BCUT2D eigenvalue weighted by Crippen LogP contribution is -2.41. The molecule has 2 rings (SSSR count). The number of carbonyl (C=O) groups is 2. The molecule has 154 valence electrons. The molecular formula is C24H30N2O3. The van der Waals surface area contributed by atoms with E-state index in [1.54, 1.807) is 6.20 Å². The van der Waals surface area contributed by atoms with E-state index in [-0.39, 0.29) is 12.3 Å². The summed E-state index contributed by atoms with van der Waals surface area (Å²) in [5.74, 6) is -1.30. The van der Waals surface area contributed by atoms with Crippen molar-refractivity contribution in [3.63, 3.8) is 0 Å². The largest absolute Gasteiger partial charge is 0.480 e. The second kappa shape index (κ2) is 12.4. The number of aryl methyl sites for hydroxylation is 1. The summed E-state index contributed by atoms with van der Waals surface area (Å²) >= 11 is 0. The first-order valence-corrected chi connectivity index (χ1v) is 10.1. The molecule has 0 radical (unpaired) electrons. The van der Waals surface area contributed by atoms with Gasteiger partial charge in [0, 0.05) is 25.6 Å². The highest BCUT2D eigenvalue weighted by Crippen LogP contribution is 2.17. The topological polar surface area (TPSA) is 78.4 Å². The maximum absolute atomic E-state index is 12.3. The van der Waals surface area contributed by atoms with Crippen molar-refractivity contribution in [3.8, 4) is 0 Å². The summed E-state index contributed by atoms with van der Waals surface area (Å²) in [6, 6.07) is 8.95. The minimum atomic E-state index is -1.05. The molecule has 0 spiro atoms. The SMILES string of the molecule is C=C1/C=C\CC/C=C\CN/C=C\1CC(NC(=O)CCCc1ccccc1)C(=O)O. The minimum absolute atomic E-state index is 0.180. The van der Waals surface area contributed by atoms with Crippen molar-refractivity contribution in [1.82, 2.24) is 10.6 Å². The quantitative estimate of drug-likeness (QED) is 0.584. The number of rotatable bonds is 8. The summed E-state index contributed by atoms with van der Waals surface area (Å²) in [4.78, 5) is 24.0. The molecule has 0 saturated heterocycles. The molecule has 1 aliphatic heterocycles. The number of aliphatic carboxylic acids is 1. The number of carboxylic acid groups (broad SMARTS) is 1. The fourth-order valence-electron chi connectivity index (χ4n) is 3.04. The standard InChI is InChI=1S/C24H30N2O3/c1-19-11-6-3-2-4-9-16-25-18-21(19)17-22(24(28)29)26-23(27)15-10-14-20-12-7-5-8-13-20/h4-9,11-13,18,22,25H,1-3,10,14-17H2,(H,26,27)(H,28,29)/b9-4-,11-6-,21-18-. The number of nitrogens with one attached hydrogen (secondary N) is 2. The summed E-state index contributed by atoms with van der Waals surface area (Å²) in [5, 5.41) is 15.4. The summed E-state index contributed by atoms with van der Waals surface area (Å²) in [6.07, 6.45) is 13.7. The van der Waals surface area contributed by atoms with Crippen LogP contribution in [-0.4, -0.2) is 29.6 Å². The zero-order valence-corrected chi connectivity index (χ0v) is 16.8. The summed E-state index contributed by atoms with van der Waals surface area (Å²) < 4.78 is 0. The van der Waals surface area contributed by atoms with Gasteiger partial charge in [-0.25, -0.2) is 4.79 Å². The third kappa shape index (κ3) is 8.64. The number of hydrogen-bond acceptors (Lipinski definition) is 3. The molecule has 0 fully saturated rings. The fourth-order valence-corrected chi connectivity index (χ4v) is 3.04. The Hall–Kier alpha value is -3.08. The van der Waals surface area contributed by atoms with Crippen LogP contribution in [0.5, 0.6) is 0 Å². The molecule has 0 saturated carbocycles. The van der Waals surface area contributed by atoms with Crippen LogP contribution < -0.4 is 10.6 Å². The molecule has 1 atom stereocenters. The molecule has 29 heavy (non-hydrogen) atoms. The van der Waals surface area contributed by atoms with Gasteiger partial charge in [0.2, 0.25) is 5.91 Å². The van der Waals surface area contributed by atoms with E-state index < -0.39 is 12.0 Å². The Morgan fingerprint density at radius 2 is 1.90 bits per heavy atom. The monoisotopic (exact) mass is 394 g/mol. The number of allylic oxidation sites excluding steroid dienone is 4. The van der Waals surface area contributed by atoms with Crippen LogP contribution in [0.15, 0.2) is 78.6 Å². The van der Waals surface area contributed by atoms with E-state index in [0.29, 0.717) is 19.4 Å². The Balaban J connectivity index is 1.92. The van der Waals surface area contributed by atoms with Crippen molar-refractivity contribution in [2.45, 2.75) is 44.6 Å². The summed E-state index contributed by atoms with van der Waals surface area (Å²) in [6.45, 7) is 4.72. The predicted octanol–water partition coefficient (Wildman–Crippen LogP) is 3.90. The van der Waals surface area contributed by atoms with Gasteiger partial charge in [-0.05, 0) is 42.4 Å². The fraction of sp³-hybridized carbons (Fsp3) is 0.333. The smallest absolute Gasteiger partial charge is 0.326 e. The maximum atomic E-state index is 12.3. The Bertz CT molecular complexity index is 779. The van der Waals surface area contributed by atoms with Gasteiger partial charge >= 0.3 is 5.97 Å². The molecule has 1 aliphatic rings. The molecule has 1 aromatic carbocycles. The first kappa shape index (κ1) is 22.2. The van der Waals surface area contributed by atoms with Crippen molar-refractivity contribution in [1.29, 1.82) is 0 Å². The molecule has 1 amide bonds. The van der Waals surface area contributed by atoms with Crippen molar-refractivity contribution < 1.29 is 14.7 Å². The lowest BCUT2D eigenvalue weighted by Gasteiger charge is -2.17. The third-order valence-corrected chi connectivity index (χ3v) is 4.68. The Morgan fingerprint density at radius 1 is 1.14 bits per heavy atom. The van der Waals surface area contributed by atoms with Gasteiger partial charge in [-0.2, -0.15) is 0 Å². The van der Waals surface area contributed by atoms with Crippen LogP contribution >= 0.6 is 0 Å². The van der Waals surface area contributed by atoms with Crippen LogP contribution in [0.2, 0.25) is 0 Å². The zero-order chi connectivity index (χ0) is 20.9. The van der Waals surface area contributed by atoms with Crippen molar-refractivity contribution in [2.24, 2.45) is 0 Å². The summed E-state index contributed by atoms with van der Waals surface area (Å²) in [5.41, 5.74) is 2.69. The molecule has 5 nitrogen and oxygen atoms in total. The van der Waals surface area contributed by atoms with Crippen molar-refractivity contribution in [3.05, 3.63) is 84.1 Å². The van der Waals surface area contributed by atoms with Crippen LogP contribution in [0, 0.1) is 0 Å². The van der Waals surface area contributed by atoms with E-state index in [2.05, 4.69) is 23.3 Å². The Labute approximate surface area is 172 Å². The average Bonchev–Trinajstić information content (AvgIpc) is 2.75. The van der Waals surface area contributed by atoms with Gasteiger partial charge in [0.05, 0.1) is 0 Å². The lowest BCUT2D eigenvalue weighted by molar-refractivity contribution is -0.141. The number of amides is 1. The summed E-state index contributed by atoms with van der Waals surface area (Å²) in [7, 11) is 0. The normalized spacial score (nSPS) is 19.6. The second-order valence-electron chi connectivity index (χ2n) is 7.06. The van der Waals surface area contributed by atoms with Gasteiger partial charge in [-0.15, -0.1) is 0 Å². The van der Waals surface area contributed by atoms with E-state index >= 15 is 0 Å². The van der Waals surface area contributed by atoms with Gasteiger partial charge in [-0.3, -0.25) is 4.79 Å². The first-order chi connectivity index (χ1) is 14.1. The Kier molecular flexibility index (Phi) is 9.49. The first-order valence-electron chi connectivity index (χ1n) is 10.1. The molecule has 1 heterocycles. The molecule has 3 N–H and O–H groups in total. The van der Waals surface area contributed by atoms with Gasteiger partial charge in [0.15, 0.2) is 0 Å². The maximum Gasteiger partial charge on any atom is 0.326 e. The van der Waals surface area contributed by atoms with Crippen molar-refractivity contribution >= 4 is 11.9 Å². The van der Waals surface area contributed by atoms with Gasteiger partial charge in [0.25, 0.3) is 0 Å². The number of carbonyl (C=O) groups excluding carboxylic acids is 1. The van der Waals surface area contributed by atoms with Crippen molar-refractivity contribution in [2.75, 3.05) is 6.54 Å². The van der Waals surface area contributed by atoms with Gasteiger partial charge < -0.3 is 15.7 Å². The molecule has 0 aromatic heterocycles. The lowest BCUT2D eigenvalue weighted by atomic mass is 9.99. The van der Waals surface area contributed by atoms with Gasteiger partial charge in [0.1, 0.15) is 6.04 Å². The number of hydrogen-bond donors (Lipinski definition) is 3. The highest BCUT2D eigenvalue weighted by atomic mass is 16.4. The molecule has 5 heteroatoms. The van der Waals surface area contributed by atoms with E-state index in [4.69, 9.17) is 0 Å².